The Balaban J connectivity index is 1.60. The van der Waals surface area contributed by atoms with Crippen molar-refractivity contribution in [2.24, 2.45) is 4.99 Å². The van der Waals surface area contributed by atoms with Gasteiger partial charge in [-0.1, -0.05) is 47.7 Å². The smallest absolute Gasteiger partial charge is 0.338 e. The molecule has 0 radical (unpaired) electrons. The van der Waals surface area contributed by atoms with E-state index in [0.29, 0.717) is 43.4 Å². The van der Waals surface area contributed by atoms with Crippen molar-refractivity contribution in [3.63, 3.8) is 0 Å². The SMILES string of the molecule is COc1cc(/C=c2/sc3n(c2=O)[C@H](c2cccs2)C(C(=O)OCc2ccccc2)=C(C)N=3)cc(OC)c1OC. The molecule has 200 valence electrons. The van der Waals surface area contributed by atoms with Gasteiger partial charge in [0.2, 0.25) is 5.75 Å². The Morgan fingerprint density at radius 2 is 1.74 bits per heavy atom. The first-order valence-electron chi connectivity index (χ1n) is 12.0. The van der Waals surface area contributed by atoms with Crippen LogP contribution in [-0.2, 0) is 16.1 Å². The van der Waals surface area contributed by atoms with Crippen LogP contribution in [0.2, 0.25) is 0 Å². The van der Waals surface area contributed by atoms with Gasteiger partial charge in [0.05, 0.1) is 37.1 Å². The minimum absolute atomic E-state index is 0.124. The van der Waals surface area contributed by atoms with Crippen LogP contribution in [0.15, 0.2) is 81.0 Å². The molecule has 0 N–H and O–H groups in total. The summed E-state index contributed by atoms with van der Waals surface area (Å²) in [5, 5.41) is 1.92. The van der Waals surface area contributed by atoms with Crippen molar-refractivity contribution in [1.82, 2.24) is 4.57 Å². The largest absolute Gasteiger partial charge is 0.493 e. The van der Waals surface area contributed by atoms with Gasteiger partial charge in [-0.25, -0.2) is 9.79 Å². The van der Waals surface area contributed by atoms with Crippen LogP contribution in [0.4, 0.5) is 0 Å². The zero-order valence-electron chi connectivity index (χ0n) is 21.8. The monoisotopic (exact) mass is 562 g/mol. The Morgan fingerprint density at radius 1 is 1.03 bits per heavy atom. The summed E-state index contributed by atoms with van der Waals surface area (Å²) in [4.78, 5) is 33.3. The summed E-state index contributed by atoms with van der Waals surface area (Å²) in [6.07, 6.45) is 1.76. The summed E-state index contributed by atoms with van der Waals surface area (Å²) in [5.41, 5.74) is 2.18. The second-order valence-corrected chi connectivity index (χ2v) is 10.6. The zero-order chi connectivity index (χ0) is 27.5. The summed E-state index contributed by atoms with van der Waals surface area (Å²) in [7, 11) is 4.61. The van der Waals surface area contributed by atoms with Crippen molar-refractivity contribution in [3.05, 3.63) is 107 Å². The molecule has 0 bridgehead atoms. The van der Waals surface area contributed by atoms with Crippen molar-refractivity contribution >= 4 is 34.7 Å². The summed E-state index contributed by atoms with van der Waals surface area (Å²) in [6.45, 7) is 1.90. The molecule has 2 aromatic heterocycles. The second kappa shape index (κ2) is 11.3. The van der Waals surface area contributed by atoms with Crippen LogP contribution in [0, 0.1) is 0 Å². The van der Waals surface area contributed by atoms with Gasteiger partial charge >= 0.3 is 5.97 Å². The molecule has 2 aromatic carbocycles. The van der Waals surface area contributed by atoms with Crippen molar-refractivity contribution in [3.8, 4) is 17.2 Å². The lowest BCUT2D eigenvalue weighted by Crippen LogP contribution is -2.39. The summed E-state index contributed by atoms with van der Waals surface area (Å²) in [6, 6.07) is 16.2. The van der Waals surface area contributed by atoms with Crippen LogP contribution < -0.4 is 29.1 Å². The van der Waals surface area contributed by atoms with Gasteiger partial charge in [0.15, 0.2) is 16.3 Å². The van der Waals surface area contributed by atoms with Gasteiger partial charge in [-0.15, -0.1) is 11.3 Å². The van der Waals surface area contributed by atoms with Crippen molar-refractivity contribution < 1.29 is 23.7 Å². The predicted molar refractivity (Wildman–Crippen MR) is 150 cm³/mol. The maximum absolute atomic E-state index is 13.8. The molecule has 39 heavy (non-hydrogen) atoms. The number of allylic oxidation sites excluding steroid dienone is 1. The van der Waals surface area contributed by atoms with Crippen LogP contribution in [0.5, 0.6) is 17.2 Å². The molecule has 1 aliphatic heterocycles. The van der Waals surface area contributed by atoms with E-state index in [2.05, 4.69) is 4.99 Å². The maximum Gasteiger partial charge on any atom is 0.338 e. The van der Waals surface area contributed by atoms with E-state index < -0.39 is 12.0 Å². The number of rotatable bonds is 8. The number of esters is 1. The molecule has 0 saturated heterocycles. The van der Waals surface area contributed by atoms with E-state index in [1.54, 1.807) is 29.7 Å². The fourth-order valence-electron chi connectivity index (χ4n) is 4.44. The second-order valence-electron chi connectivity index (χ2n) is 8.62. The zero-order valence-corrected chi connectivity index (χ0v) is 23.4. The number of aromatic nitrogens is 1. The summed E-state index contributed by atoms with van der Waals surface area (Å²) < 4.78 is 24.1. The molecule has 0 aliphatic carbocycles. The topological polar surface area (TPSA) is 88.4 Å². The fraction of sp³-hybridized carbons (Fsp3) is 0.207. The predicted octanol–water partition coefficient (Wildman–Crippen LogP) is 4.07. The van der Waals surface area contributed by atoms with Gasteiger partial charge in [0, 0.05) is 4.88 Å². The number of benzene rings is 2. The Labute approximate surface area is 232 Å². The first-order chi connectivity index (χ1) is 18.9. The van der Waals surface area contributed by atoms with E-state index in [1.807, 2.05) is 47.8 Å². The third kappa shape index (κ3) is 5.13. The third-order valence-electron chi connectivity index (χ3n) is 6.25. The molecule has 4 aromatic rings. The summed E-state index contributed by atoms with van der Waals surface area (Å²) >= 11 is 2.73. The Hall–Kier alpha value is -4.15. The lowest BCUT2D eigenvalue weighted by atomic mass is 10.0. The average molecular weight is 563 g/mol. The fourth-order valence-corrected chi connectivity index (χ4v) is 6.31. The minimum Gasteiger partial charge on any atom is -0.493 e. The van der Waals surface area contributed by atoms with Gasteiger partial charge in [-0.05, 0) is 47.7 Å². The molecule has 3 heterocycles. The molecule has 1 aliphatic rings. The van der Waals surface area contributed by atoms with Crippen LogP contribution in [-0.4, -0.2) is 31.9 Å². The Kier molecular flexibility index (Phi) is 7.67. The van der Waals surface area contributed by atoms with Gasteiger partial charge in [0.25, 0.3) is 5.56 Å². The van der Waals surface area contributed by atoms with Crippen molar-refractivity contribution in [2.45, 2.75) is 19.6 Å². The molecule has 5 rings (SSSR count). The third-order valence-corrected chi connectivity index (χ3v) is 8.16. The molecule has 0 amide bonds. The number of thiazole rings is 1. The number of nitrogens with zero attached hydrogens (tertiary/aromatic N) is 2. The molecule has 0 saturated carbocycles. The lowest BCUT2D eigenvalue weighted by Gasteiger charge is -2.23. The number of thiophene rings is 1. The van der Waals surface area contributed by atoms with Gasteiger partial charge in [-0.2, -0.15) is 0 Å². The van der Waals surface area contributed by atoms with Crippen molar-refractivity contribution in [2.75, 3.05) is 21.3 Å². The highest BCUT2D eigenvalue weighted by atomic mass is 32.1. The first kappa shape index (κ1) is 26.5. The van der Waals surface area contributed by atoms with Gasteiger partial charge < -0.3 is 18.9 Å². The van der Waals surface area contributed by atoms with E-state index >= 15 is 0 Å². The molecular weight excluding hydrogens is 536 g/mol. The quantitative estimate of drug-likeness (QED) is 0.301. The highest BCUT2D eigenvalue weighted by molar-refractivity contribution is 7.10. The number of methoxy groups -OCH3 is 3. The minimum atomic E-state index is -0.647. The molecule has 0 spiro atoms. The van der Waals surface area contributed by atoms with Crippen LogP contribution in [0.3, 0.4) is 0 Å². The molecule has 1 atom stereocenters. The average Bonchev–Trinajstić information content (AvgIpc) is 3.59. The standard InChI is InChI=1S/C29H26N2O6S2/c1-17-24(28(33)37-16-18-9-6-5-7-10-18)25(22-11-8-12-38-22)31-27(32)23(39-29(31)30-17)15-19-13-20(34-2)26(36-4)21(14-19)35-3/h5-15,25H,16H2,1-4H3/b23-15+/t25-/m1/s1. The molecular formula is C29H26N2O6S2. The molecule has 10 heteroatoms. The Bertz CT molecular complexity index is 1690. The normalized spacial score (nSPS) is 15.0. The van der Waals surface area contributed by atoms with Gasteiger partial charge in [0.1, 0.15) is 12.6 Å². The van der Waals surface area contributed by atoms with Crippen LogP contribution in [0.25, 0.3) is 6.08 Å². The molecule has 0 fully saturated rings. The Morgan fingerprint density at radius 3 is 2.36 bits per heavy atom. The van der Waals surface area contributed by atoms with E-state index in [9.17, 15) is 9.59 Å². The highest BCUT2D eigenvalue weighted by Crippen LogP contribution is 2.38. The van der Waals surface area contributed by atoms with E-state index in [0.717, 1.165) is 10.4 Å². The number of carbonyl (C=O) groups is 1. The van der Waals surface area contributed by atoms with E-state index in [4.69, 9.17) is 18.9 Å². The molecule has 8 nitrogen and oxygen atoms in total. The first-order valence-corrected chi connectivity index (χ1v) is 13.7. The number of carbonyl (C=O) groups excluding carboxylic acids is 1. The maximum atomic E-state index is 13.8. The number of hydrogen-bond acceptors (Lipinski definition) is 9. The van der Waals surface area contributed by atoms with E-state index in [1.165, 1.54) is 44.0 Å². The number of ether oxygens (including phenoxy) is 4. The lowest BCUT2D eigenvalue weighted by molar-refractivity contribution is -0.140. The summed E-state index contributed by atoms with van der Waals surface area (Å²) in [5.74, 6) is 0.918. The van der Waals surface area contributed by atoms with E-state index in [-0.39, 0.29) is 12.2 Å². The van der Waals surface area contributed by atoms with Gasteiger partial charge in [-0.3, -0.25) is 9.36 Å². The highest BCUT2D eigenvalue weighted by Gasteiger charge is 2.34. The van der Waals surface area contributed by atoms with Crippen LogP contribution >= 0.6 is 22.7 Å². The number of fused-ring (bicyclic) bond motifs is 1. The number of hydrogen-bond donors (Lipinski definition) is 0. The van der Waals surface area contributed by atoms with Crippen LogP contribution in [0.1, 0.15) is 29.0 Å². The molecule has 0 unspecified atom stereocenters. The van der Waals surface area contributed by atoms with Crippen molar-refractivity contribution in [1.29, 1.82) is 0 Å².